The fraction of sp³-hybridized carbons (Fsp3) is 0.706. The number of nitrogens with zero attached hydrogens (tertiary/aromatic N) is 4. The number of rotatable bonds is 2. The summed E-state index contributed by atoms with van der Waals surface area (Å²) in [7, 11) is 0. The van der Waals surface area contributed by atoms with Gasteiger partial charge in [0.1, 0.15) is 0 Å². The van der Waals surface area contributed by atoms with Gasteiger partial charge in [0.15, 0.2) is 0 Å². The van der Waals surface area contributed by atoms with Crippen LogP contribution in [0.25, 0.3) is 0 Å². The van der Waals surface area contributed by atoms with E-state index in [1.165, 1.54) is 0 Å². The second-order valence-electron chi connectivity index (χ2n) is 7.16. The predicted octanol–water partition coefficient (Wildman–Crippen LogP) is 0.622. The lowest BCUT2D eigenvalue weighted by molar-refractivity contribution is -0.143. The molecule has 0 aromatic carbocycles. The second kappa shape index (κ2) is 6.20. The van der Waals surface area contributed by atoms with Gasteiger partial charge in [-0.1, -0.05) is 0 Å². The molecule has 3 heterocycles. The van der Waals surface area contributed by atoms with E-state index < -0.39 is 0 Å². The lowest BCUT2D eigenvalue weighted by atomic mass is 9.81. The first-order valence-electron chi connectivity index (χ1n) is 8.94. The Morgan fingerprint density at radius 3 is 2.46 bits per heavy atom. The van der Waals surface area contributed by atoms with Crippen molar-refractivity contribution < 1.29 is 14.7 Å². The van der Waals surface area contributed by atoms with E-state index in [0.717, 1.165) is 44.6 Å². The fourth-order valence-corrected chi connectivity index (χ4v) is 3.95. The molecule has 0 unspecified atom stereocenters. The number of carbonyl (C=O) groups excluding carboxylic acids is 2. The number of hydrogen-bond acceptors (Lipinski definition) is 4. The summed E-state index contributed by atoms with van der Waals surface area (Å²) in [6, 6.07) is 0. The number of aromatic nitrogens is 2. The van der Waals surface area contributed by atoms with Crippen LogP contribution >= 0.6 is 0 Å². The van der Waals surface area contributed by atoms with Gasteiger partial charge < -0.3 is 14.9 Å². The number of aryl methyl sites for hydroxylation is 1. The van der Waals surface area contributed by atoms with Gasteiger partial charge in [0.25, 0.3) is 5.91 Å². The van der Waals surface area contributed by atoms with Gasteiger partial charge in [0, 0.05) is 32.1 Å². The molecule has 2 amide bonds. The molecule has 1 aromatic rings. The van der Waals surface area contributed by atoms with E-state index in [9.17, 15) is 14.7 Å². The zero-order valence-electron chi connectivity index (χ0n) is 13.9. The Balaban J connectivity index is 1.54. The number of aliphatic hydroxyl groups is 1. The van der Waals surface area contributed by atoms with Crippen LogP contribution in [0.3, 0.4) is 0 Å². The summed E-state index contributed by atoms with van der Waals surface area (Å²) in [5, 5.41) is 13.8. The van der Waals surface area contributed by atoms with Crippen molar-refractivity contribution in [3.8, 4) is 0 Å². The summed E-state index contributed by atoms with van der Waals surface area (Å²) < 4.78 is 1.88. The summed E-state index contributed by atoms with van der Waals surface area (Å²) in [5.74, 6) is 0.0869. The third kappa shape index (κ3) is 2.70. The minimum atomic E-state index is -0.330. The van der Waals surface area contributed by atoms with Crippen LogP contribution in [0.2, 0.25) is 0 Å². The molecule has 1 aliphatic carbocycles. The first-order valence-corrected chi connectivity index (χ1v) is 8.94. The van der Waals surface area contributed by atoms with Crippen molar-refractivity contribution in [3.63, 3.8) is 0 Å². The van der Waals surface area contributed by atoms with E-state index in [4.69, 9.17) is 0 Å². The zero-order valence-corrected chi connectivity index (χ0v) is 13.9. The Bertz CT molecular complexity index is 644. The Morgan fingerprint density at radius 2 is 1.75 bits per heavy atom. The van der Waals surface area contributed by atoms with Crippen molar-refractivity contribution in [2.45, 2.75) is 51.3 Å². The first-order chi connectivity index (χ1) is 11.6. The number of amides is 2. The van der Waals surface area contributed by atoms with E-state index in [0.29, 0.717) is 31.5 Å². The molecule has 24 heavy (non-hydrogen) atoms. The van der Waals surface area contributed by atoms with Gasteiger partial charge in [0.2, 0.25) is 5.91 Å². The highest BCUT2D eigenvalue weighted by molar-refractivity contribution is 5.95. The van der Waals surface area contributed by atoms with Crippen LogP contribution in [0, 0.1) is 5.92 Å². The smallest absolute Gasteiger partial charge is 0.257 e. The first kappa shape index (κ1) is 15.6. The van der Waals surface area contributed by atoms with Crippen molar-refractivity contribution in [2.24, 2.45) is 5.92 Å². The minimum absolute atomic E-state index is 0.0436. The molecule has 7 nitrogen and oxygen atoms in total. The van der Waals surface area contributed by atoms with Crippen LogP contribution in [-0.4, -0.2) is 62.2 Å². The van der Waals surface area contributed by atoms with Crippen LogP contribution in [-0.2, 0) is 17.9 Å². The van der Waals surface area contributed by atoms with Crippen molar-refractivity contribution in [2.75, 3.05) is 19.6 Å². The molecule has 0 bridgehead atoms. The molecular formula is C17H24N4O3. The average Bonchev–Trinajstić information content (AvgIpc) is 3.16. The molecular weight excluding hydrogens is 308 g/mol. The van der Waals surface area contributed by atoms with Gasteiger partial charge in [-0.05, 0) is 32.1 Å². The molecule has 1 saturated heterocycles. The van der Waals surface area contributed by atoms with Crippen LogP contribution in [0.5, 0.6) is 0 Å². The van der Waals surface area contributed by atoms with E-state index in [-0.39, 0.29) is 23.8 Å². The summed E-state index contributed by atoms with van der Waals surface area (Å²) in [6.07, 6.45) is 5.42. The largest absolute Gasteiger partial charge is 0.393 e. The maximum atomic E-state index is 12.7. The Morgan fingerprint density at radius 1 is 1.04 bits per heavy atom. The molecule has 0 radical (unpaired) electrons. The standard InChI is InChI=1S/C17H24N4O3/c22-13-8-12(9-13)16(23)20-6-3-7-21-15(11-20)14(10-18-21)17(24)19-4-1-2-5-19/h10,12-13,22H,1-9,11H2. The summed E-state index contributed by atoms with van der Waals surface area (Å²) in [6.45, 7) is 3.49. The molecule has 1 saturated carbocycles. The summed E-state index contributed by atoms with van der Waals surface area (Å²) >= 11 is 0. The van der Waals surface area contributed by atoms with Gasteiger partial charge in [0.05, 0.1) is 30.1 Å². The number of carbonyl (C=O) groups is 2. The topological polar surface area (TPSA) is 78.7 Å². The summed E-state index contributed by atoms with van der Waals surface area (Å²) in [4.78, 5) is 29.1. The molecule has 7 heteroatoms. The molecule has 130 valence electrons. The van der Waals surface area contributed by atoms with Crippen molar-refractivity contribution in [1.29, 1.82) is 0 Å². The normalized spacial score (nSPS) is 26.7. The van der Waals surface area contributed by atoms with Gasteiger partial charge in [-0.2, -0.15) is 5.10 Å². The lowest BCUT2D eigenvalue weighted by Crippen LogP contribution is -2.43. The highest BCUT2D eigenvalue weighted by Gasteiger charge is 2.37. The van der Waals surface area contributed by atoms with Crippen LogP contribution in [0.1, 0.15) is 48.2 Å². The van der Waals surface area contributed by atoms with E-state index >= 15 is 0 Å². The number of fused-ring (bicyclic) bond motifs is 1. The molecule has 2 fully saturated rings. The van der Waals surface area contributed by atoms with Crippen molar-refractivity contribution in [1.82, 2.24) is 19.6 Å². The van der Waals surface area contributed by atoms with Gasteiger partial charge in [-0.3, -0.25) is 14.3 Å². The van der Waals surface area contributed by atoms with E-state index in [1.54, 1.807) is 6.20 Å². The highest BCUT2D eigenvalue weighted by atomic mass is 16.3. The zero-order chi connectivity index (χ0) is 16.7. The predicted molar refractivity (Wildman–Crippen MR) is 86.1 cm³/mol. The van der Waals surface area contributed by atoms with Crippen LogP contribution in [0.15, 0.2) is 6.20 Å². The number of likely N-dealkylation sites (tertiary alicyclic amines) is 1. The quantitative estimate of drug-likeness (QED) is 0.861. The second-order valence-corrected chi connectivity index (χ2v) is 7.16. The molecule has 4 rings (SSSR count). The van der Waals surface area contributed by atoms with E-state index in [1.807, 2.05) is 14.5 Å². The van der Waals surface area contributed by atoms with Crippen LogP contribution in [0.4, 0.5) is 0 Å². The third-order valence-corrected chi connectivity index (χ3v) is 5.49. The summed E-state index contributed by atoms with van der Waals surface area (Å²) in [5.41, 5.74) is 1.50. The molecule has 0 spiro atoms. The van der Waals surface area contributed by atoms with Crippen molar-refractivity contribution >= 4 is 11.8 Å². The molecule has 1 aromatic heterocycles. The number of hydrogen-bond donors (Lipinski definition) is 1. The highest BCUT2D eigenvalue weighted by Crippen LogP contribution is 2.30. The third-order valence-electron chi connectivity index (χ3n) is 5.49. The van der Waals surface area contributed by atoms with Crippen molar-refractivity contribution in [3.05, 3.63) is 17.5 Å². The number of aliphatic hydroxyl groups excluding tert-OH is 1. The average molecular weight is 332 g/mol. The molecule has 2 aliphatic heterocycles. The van der Waals surface area contributed by atoms with Gasteiger partial charge >= 0.3 is 0 Å². The lowest BCUT2D eigenvalue weighted by Gasteiger charge is -2.34. The Labute approximate surface area is 141 Å². The maximum absolute atomic E-state index is 12.7. The van der Waals surface area contributed by atoms with Crippen LogP contribution < -0.4 is 0 Å². The van der Waals surface area contributed by atoms with E-state index in [2.05, 4.69) is 5.10 Å². The monoisotopic (exact) mass is 332 g/mol. The SMILES string of the molecule is O=C(c1cnn2c1CN(C(=O)C1CC(O)C1)CCC2)N1CCCC1. The Kier molecular flexibility index (Phi) is 4.04. The molecule has 0 atom stereocenters. The molecule has 3 aliphatic rings. The minimum Gasteiger partial charge on any atom is -0.393 e. The molecule has 1 N–H and O–H groups in total. The van der Waals surface area contributed by atoms with Gasteiger partial charge in [-0.25, -0.2) is 0 Å². The fourth-order valence-electron chi connectivity index (χ4n) is 3.95. The Hall–Kier alpha value is -1.89. The van der Waals surface area contributed by atoms with Gasteiger partial charge in [-0.15, -0.1) is 0 Å². The maximum Gasteiger partial charge on any atom is 0.257 e.